The van der Waals surface area contributed by atoms with Crippen LogP contribution in [0, 0.1) is 5.82 Å². The molecule has 0 amide bonds. The third kappa shape index (κ3) is 3.73. The maximum atomic E-state index is 12.9. The number of hydrogen-bond acceptors (Lipinski definition) is 5. The van der Waals surface area contributed by atoms with Gasteiger partial charge in [0.15, 0.2) is 0 Å². The molecule has 9 heteroatoms. The molecule has 3 rings (SSSR count). The average Bonchev–Trinajstić information content (AvgIpc) is 3.00. The van der Waals surface area contributed by atoms with Gasteiger partial charge in [-0.05, 0) is 30.3 Å². The first kappa shape index (κ1) is 17.6. The van der Waals surface area contributed by atoms with E-state index >= 15 is 0 Å². The molecule has 25 heavy (non-hydrogen) atoms. The van der Waals surface area contributed by atoms with Crippen LogP contribution in [0.25, 0.3) is 0 Å². The van der Waals surface area contributed by atoms with Gasteiger partial charge < -0.3 is 14.0 Å². The van der Waals surface area contributed by atoms with E-state index in [0.29, 0.717) is 13.2 Å². The number of hydrogen-bond donors (Lipinski definition) is 0. The molecule has 2 heterocycles. The van der Waals surface area contributed by atoms with E-state index in [0.717, 1.165) is 0 Å². The predicted octanol–water partition coefficient (Wildman–Crippen LogP) is 1.40. The number of benzene rings is 1. The number of carbonyl (C=O) groups is 1. The zero-order valence-electron chi connectivity index (χ0n) is 13.5. The van der Waals surface area contributed by atoms with Gasteiger partial charge in [-0.1, -0.05) is 0 Å². The van der Waals surface area contributed by atoms with Gasteiger partial charge in [0, 0.05) is 26.3 Å². The summed E-state index contributed by atoms with van der Waals surface area (Å²) in [5.41, 5.74) is 0.0798. The van der Waals surface area contributed by atoms with Crippen molar-refractivity contribution in [2.24, 2.45) is 7.05 Å². The first-order valence-electron chi connectivity index (χ1n) is 7.60. The smallest absolute Gasteiger partial charge is 0.360 e. The summed E-state index contributed by atoms with van der Waals surface area (Å²) in [6.45, 7) is 1.22. The molecule has 0 bridgehead atoms. The van der Waals surface area contributed by atoms with Crippen LogP contribution >= 0.6 is 0 Å². The Morgan fingerprint density at radius 1 is 1.20 bits per heavy atom. The topological polar surface area (TPSA) is 77.8 Å². The SMILES string of the molecule is Cn1cc(S(=O)(=O)N2CCOCC2)cc1C(=O)Oc1ccc(F)cc1. The third-order valence-corrected chi connectivity index (χ3v) is 5.68. The summed E-state index contributed by atoms with van der Waals surface area (Å²) in [6, 6.07) is 6.25. The van der Waals surface area contributed by atoms with E-state index in [1.54, 1.807) is 7.05 Å². The van der Waals surface area contributed by atoms with Gasteiger partial charge in [-0.2, -0.15) is 4.31 Å². The van der Waals surface area contributed by atoms with Crippen molar-refractivity contribution in [1.82, 2.24) is 8.87 Å². The Morgan fingerprint density at radius 2 is 1.84 bits per heavy atom. The lowest BCUT2D eigenvalue weighted by Gasteiger charge is -2.25. The third-order valence-electron chi connectivity index (χ3n) is 3.82. The number of carbonyl (C=O) groups excluding carboxylic acids is 1. The summed E-state index contributed by atoms with van der Waals surface area (Å²) in [5.74, 6) is -1.000. The Balaban J connectivity index is 1.81. The van der Waals surface area contributed by atoms with Crippen molar-refractivity contribution < 1.29 is 27.1 Å². The van der Waals surface area contributed by atoms with Gasteiger partial charge in [0.2, 0.25) is 10.0 Å². The fourth-order valence-corrected chi connectivity index (χ4v) is 3.96. The van der Waals surface area contributed by atoms with Gasteiger partial charge in [-0.15, -0.1) is 0 Å². The normalized spacial score (nSPS) is 15.9. The molecule has 2 aromatic rings. The highest BCUT2D eigenvalue weighted by Gasteiger charge is 2.29. The average molecular weight is 368 g/mol. The molecule has 0 saturated carbocycles. The zero-order valence-corrected chi connectivity index (χ0v) is 14.3. The molecular weight excluding hydrogens is 351 g/mol. The lowest BCUT2D eigenvalue weighted by Crippen LogP contribution is -2.40. The summed E-state index contributed by atoms with van der Waals surface area (Å²) < 4.78 is 51.2. The number of ether oxygens (including phenoxy) is 2. The highest BCUT2D eigenvalue weighted by Crippen LogP contribution is 2.21. The van der Waals surface area contributed by atoms with Crippen molar-refractivity contribution >= 4 is 16.0 Å². The number of halogens is 1. The molecule has 1 aromatic carbocycles. The summed E-state index contributed by atoms with van der Waals surface area (Å²) in [7, 11) is -2.15. The fourth-order valence-electron chi connectivity index (χ4n) is 2.48. The van der Waals surface area contributed by atoms with Gasteiger partial charge in [-0.3, -0.25) is 0 Å². The minimum atomic E-state index is -3.70. The summed E-state index contributed by atoms with van der Waals surface area (Å²) >= 11 is 0. The standard InChI is InChI=1S/C16H17FN2O5S/c1-18-11-14(25(21,22)19-6-8-23-9-7-19)10-15(18)16(20)24-13-4-2-12(17)3-5-13/h2-5,10-11H,6-9H2,1H3. The molecule has 134 valence electrons. The van der Waals surface area contributed by atoms with Crippen LogP contribution < -0.4 is 4.74 Å². The van der Waals surface area contributed by atoms with Gasteiger partial charge in [0.25, 0.3) is 0 Å². The van der Waals surface area contributed by atoms with Crippen molar-refractivity contribution in [1.29, 1.82) is 0 Å². The van der Waals surface area contributed by atoms with Crippen molar-refractivity contribution in [2.75, 3.05) is 26.3 Å². The molecule has 0 unspecified atom stereocenters. The van der Waals surface area contributed by atoms with Gasteiger partial charge in [-0.25, -0.2) is 17.6 Å². The van der Waals surface area contributed by atoms with Gasteiger partial charge >= 0.3 is 5.97 Å². The second-order valence-electron chi connectivity index (χ2n) is 5.53. The Hall–Kier alpha value is -2.23. The van der Waals surface area contributed by atoms with E-state index < -0.39 is 21.8 Å². The second kappa shape index (κ2) is 6.95. The minimum Gasteiger partial charge on any atom is -0.422 e. The highest BCUT2D eigenvalue weighted by atomic mass is 32.2. The molecule has 0 aliphatic carbocycles. The van der Waals surface area contributed by atoms with Crippen molar-refractivity contribution in [3.8, 4) is 5.75 Å². The minimum absolute atomic E-state index is 0.0166. The van der Waals surface area contributed by atoms with Crippen LogP contribution in [0.1, 0.15) is 10.5 Å². The fraction of sp³-hybridized carbons (Fsp3) is 0.312. The van der Waals surface area contributed by atoms with Crippen LogP contribution in [-0.4, -0.2) is 49.6 Å². The Labute approximate surface area is 144 Å². The molecule has 0 radical (unpaired) electrons. The van der Waals surface area contributed by atoms with E-state index in [4.69, 9.17) is 9.47 Å². The number of nitrogens with zero attached hydrogens (tertiary/aromatic N) is 2. The first-order chi connectivity index (χ1) is 11.9. The molecule has 1 aromatic heterocycles. The Kier molecular flexibility index (Phi) is 4.89. The molecule has 1 fully saturated rings. The summed E-state index contributed by atoms with van der Waals surface area (Å²) in [6.07, 6.45) is 1.37. The van der Waals surface area contributed by atoms with E-state index in [9.17, 15) is 17.6 Å². The summed E-state index contributed by atoms with van der Waals surface area (Å²) in [4.78, 5) is 12.3. The van der Waals surface area contributed by atoms with E-state index in [1.165, 1.54) is 45.4 Å². The second-order valence-corrected chi connectivity index (χ2v) is 7.47. The van der Waals surface area contributed by atoms with Crippen LogP contribution in [0.4, 0.5) is 4.39 Å². The van der Waals surface area contributed by atoms with E-state index in [2.05, 4.69) is 0 Å². The number of morpholine rings is 1. The lowest BCUT2D eigenvalue weighted by molar-refractivity contribution is 0.0723. The number of aryl methyl sites for hydroxylation is 1. The molecule has 1 saturated heterocycles. The lowest BCUT2D eigenvalue weighted by atomic mass is 10.3. The van der Waals surface area contributed by atoms with Crippen LogP contribution in [0.5, 0.6) is 5.75 Å². The van der Waals surface area contributed by atoms with E-state index in [1.807, 2.05) is 0 Å². The molecular formula is C16H17FN2O5S. The quantitative estimate of drug-likeness (QED) is 0.602. The van der Waals surface area contributed by atoms with E-state index in [-0.39, 0.29) is 29.4 Å². The number of aromatic nitrogens is 1. The van der Waals surface area contributed by atoms with Crippen LogP contribution in [0.15, 0.2) is 41.4 Å². The summed E-state index contributed by atoms with van der Waals surface area (Å²) in [5, 5.41) is 0. The van der Waals surface area contributed by atoms with Gasteiger partial charge in [0.1, 0.15) is 22.2 Å². The number of esters is 1. The highest BCUT2D eigenvalue weighted by molar-refractivity contribution is 7.89. The first-order valence-corrected chi connectivity index (χ1v) is 9.04. The Morgan fingerprint density at radius 3 is 2.48 bits per heavy atom. The van der Waals surface area contributed by atoms with Crippen LogP contribution in [0.3, 0.4) is 0 Å². The molecule has 0 N–H and O–H groups in total. The van der Waals surface area contributed by atoms with Gasteiger partial charge in [0.05, 0.1) is 13.2 Å². The maximum absolute atomic E-state index is 12.9. The molecule has 7 nitrogen and oxygen atoms in total. The van der Waals surface area contributed by atoms with Crippen molar-refractivity contribution in [2.45, 2.75) is 4.90 Å². The Bertz CT molecular complexity index is 870. The van der Waals surface area contributed by atoms with Crippen LogP contribution in [0.2, 0.25) is 0 Å². The van der Waals surface area contributed by atoms with Crippen molar-refractivity contribution in [3.63, 3.8) is 0 Å². The molecule has 1 aliphatic heterocycles. The zero-order chi connectivity index (χ0) is 18.0. The monoisotopic (exact) mass is 368 g/mol. The predicted molar refractivity (Wildman–Crippen MR) is 86.3 cm³/mol. The maximum Gasteiger partial charge on any atom is 0.360 e. The van der Waals surface area contributed by atoms with Crippen LogP contribution in [-0.2, 0) is 21.8 Å². The molecule has 0 atom stereocenters. The number of rotatable bonds is 4. The molecule has 0 spiro atoms. The number of sulfonamides is 1. The molecule has 1 aliphatic rings. The van der Waals surface area contributed by atoms with Crippen molar-refractivity contribution in [3.05, 3.63) is 48.0 Å². The largest absolute Gasteiger partial charge is 0.422 e.